The van der Waals surface area contributed by atoms with E-state index in [4.69, 9.17) is 5.73 Å². The zero-order valence-corrected chi connectivity index (χ0v) is 13.4. The predicted octanol–water partition coefficient (Wildman–Crippen LogP) is 3.32. The molecule has 0 heterocycles. The van der Waals surface area contributed by atoms with E-state index in [0.717, 1.165) is 18.5 Å². The molecule has 1 aliphatic carbocycles. The number of nitrogens with zero attached hydrogens (tertiary/aromatic N) is 1. The largest absolute Gasteiger partial charge is 0.370 e. The predicted molar refractivity (Wildman–Crippen MR) is 88.9 cm³/mol. The van der Waals surface area contributed by atoms with Crippen LogP contribution in [0.5, 0.6) is 0 Å². The summed E-state index contributed by atoms with van der Waals surface area (Å²) in [7, 11) is 0. The van der Waals surface area contributed by atoms with Crippen molar-refractivity contribution >= 4 is 35.6 Å². The molecule has 1 saturated carbocycles. The fourth-order valence-corrected chi connectivity index (χ4v) is 1.96. The molecule has 0 aromatic heterocycles. The average molecular weight is 359 g/mol. The Morgan fingerprint density at radius 1 is 1.28 bits per heavy atom. The molecule has 0 aliphatic heterocycles. The number of nitrogens with one attached hydrogen (secondary N) is 1. The van der Waals surface area contributed by atoms with Crippen LogP contribution in [0.2, 0.25) is 0 Å². The lowest BCUT2D eigenvalue weighted by Gasteiger charge is -2.14. The molecule has 3 N–H and O–H groups in total. The lowest BCUT2D eigenvalue weighted by Crippen LogP contribution is -2.24. The third-order valence-corrected chi connectivity index (χ3v) is 3.12. The van der Waals surface area contributed by atoms with Crippen LogP contribution in [-0.2, 0) is 12.8 Å². The minimum absolute atomic E-state index is 0. The van der Waals surface area contributed by atoms with Gasteiger partial charge in [-0.1, -0.05) is 32.0 Å². The van der Waals surface area contributed by atoms with Crippen molar-refractivity contribution in [2.45, 2.75) is 45.6 Å². The molecule has 0 amide bonds. The summed E-state index contributed by atoms with van der Waals surface area (Å²) in [6.45, 7) is 4.32. The van der Waals surface area contributed by atoms with Crippen LogP contribution in [0.4, 0.5) is 5.69 Å². The zero-order valence-electron chi connectivity index (χ0n) is 11.1. The lowest BCUT2D eigenvalue weighted by atomic mass is 10.0. The third kappa shape index (κ3) is 3.86. The first-order chi connectivity index (χ1) is 8.24. The van der Waals surface area contributed by atoms with Crippen molar-refractivity contribution in [1.82, 2.24) is 0 Å². The van der Waals surface area contributed by atoms with Gasteiger partial charge < -0.3 is 11.1 Å². The lowest BCUT2D eigenvalue weighted by molar-refractivity contribution is 1.05. The summed E-state index contributed by atoms with van der Waals surface area (Å²) in [5.74, 6) is 0.558. The summed E-state index contributed by atoms with van der Waals surface area (Å²) in [6.07, 6.45) is 4.37. The first-order valence-electron chi connectivity index (χ1n) is 6.45. The van der Waals surface area contributed by atoms with Crippen LogP contribution in [0.25, 0.3) is 0 Å². The summed E-state index contributed by atoms with van der Waals surface area (Å²) in [5, 5.41) is 3.28. The number of rotatable bonds is 4. The second-order valence-electron chi connectivity index (χ2n) is 4.53. The van der Waals surface area contributed by atoms with Gasteiger partial charge in [0.15, 0.2) is 5.96 Å². The van der Waals surface area contributed by atoms with Crippen molar-refractivity contribution in [1.29, 1.82) is 0 Å². The van der Waals surface area contributed by atoms with Crippen LogP contribution in [0, 0.1) is 0 Å². The van der Waals surface area contributed by atoms with Crippen molar-refractivity contribution in [3.05, 3.63) is 29.3 Å². The maximum absolute atomic E-state index is 5.93. The summed E-state index contributed by atoms with van der Waals surface area (Å²) in [4.78, 5) is 4.42. The van der Waals surface area contributed by atoms with Gasteiger partial charge in [-0.15, -0.1) is 24.0 Å². The van der Waals surface area contributed by atoms with E-state index in [2.05, 4.69) is 42.4 Å². The van der Waals surface area contributed by atoms with E-state index < -0.39 is 0 Å². The summed E-state index contributed by atoms with van der Waals surface area (Å²) < 4.78 is 0. The Morgan fingerprint density at radius 2 is 1.83 bits per heavy atom. The highest BCUT2D eigenvalue weighted by Gasteiger charge is 2.20. The normalized spacial score (nSPS) is 15.1. The Kier molecular flexibility index (Phi) is 5.91. The van der Waals surface area contributed by atoms with E-state index in [1.807, 2.05) is 0 Å². The molecular formula is C14H22IN3. The molecule has 0 atom stereocenters. The van der Waals surface area contributed by atoms with E-state index in [9.17, 15) is 0 Å². The number of aliphatic imine (C=N–C) groups is 1. The maximum atomic E-state index is 5.93. The first-order valence-corrected chi connectivity index (χ1v) is 6.45. The number of halogens is 1. The van der Waals surface area contributed by atoms with E-state index >= 15 is 0 Å². The molecule has 0 radical (unpaired) electrons. The second kappa shape index (κ2) is 6.97. The number of aryl methyl sites for hydroxylation is 2. The van der Waals surface area contributed by atoms with Crippen LogP contribution < -0.4 is 11.1 Å². The fraction of sp³-hybridized carbons (Fsp3) is 0.500. The molecule has 18 heavy (non-hydrogen) atoms. The van der Waals surface area contributed by atoms with Gasteiger partial charge in [-0.25, -0.2) is 4.99 Å². The Balaban J connectivity index is 0.00000162. The van der Waals surface area contributed by atoms with Gasteiger partial charge >= 0.3 is 0 Å². The van der Waals surface area contributed by atoms with Crippen molar-refractivity contribution in [2.24, 2.45) is 10.7 Å². The van der Waals surface area contributed by atoms with Crippen molar-refractivity contribution in [2.75, 3.05) is 5.32 Å². The Morgan fingerprint density at radius 3 is 2.28 bits per heavy atom. The maximum Gasteiger partial charge on any atom is 0.193 e. The highest BCUT2D eigenvalue weighted by molar-refractivity contribution is 14.0. The molecule has 1 aromatic rings. The summed E-state index contributed by atoms with van der Waals surface area (Å²) in [5.41, 5.74) is 9.69. The Bertz CT molecular complexity index is 403. The number of para-hydroxylation sites is 1. The van der Waals surface area contributed by atoms with Crippen LogP contribution in [-0.4, -0.2) is 12.0 Å². The second-order valence-corrected chi connectivity index (χ2v) is 4.53. The van der Waals surface area contributed by atoms with Gasteiger partial charge in [0.25, 0.3) is 0 Å². The van der Waals surface area contributed by atoms with E-state index in [1.165, 1.54) is 24.0 Å². The van der Waals surface area contributed by atoms with E-state index in [-0.39, 0.29) is 24.0 Å². The van der Waals surface area contributed by atoms with Gasteiger partial charge in [-0.05, 0) is 36.8 Å². The average Bonchev–Trinajstić information content (AvgIpc) is 3.13. The van der Waals surface area contributed by atoms with Crippen LogP contribution >= 0.6 is 24.0 Å². The fourth-order valence-electron chi connectivity index (χ4n) is 1.96. The molecule has 0 spiro atoms. The third-order valence-electron chi connectivity index (χ3n) is 3.12. The summed E-state index contributed by atoms with van der Waals surface area (Å²) in [6, 6.07) is 6.86. The molecule has 2 rings (SSSR count). The standard InChI is InChI=1S/C14H21N3.HI/c1-3-10-6-5-7-11(4-2)13(10)17-14(15)16-12-8-9-12;/h5-7,12H,3-4,8-9H2,1-2H3,(H3,15,16,17);1H. The van der Waals surface area contributed by atoms with Crippen LogP contribution in [0.1, 0.15) is 37.8 Å². The molecule has 3 nitrogen and oxygen atoms in total. The molecule has 100 valence electrons. The monoisotopic (exact) mass is 359 g/mol. The van der Waals surface area contributed by atoms with Crippen LogP contribution in [0.15, 0.2) is 23.2 Å². The van der Waals surface area contributed by atoms with Crippen molar-refractivity contribution < 1.29 is 0 Å². The smallest absolute Gasteiger partial charge is 0.193 e. The Labute approximate surface area is 126 Å². The molecule has 0 bridgehead atoms. The first kappa shape index (κ1) is 15.3. The molecule has 1 aliphatic rings. The summed E-state index contributed by atoms with van der Waals surface area (Å²) >= 11 is 0. The number of guanidine groups is 1. The number of hydrogen-bond donors (Lipinski definition) is 2. The molecule has 0 unspecified atom stereocenters. The Hall–Kier alpha value is -0.780. The minimum atomic E-state index is 0. The molecule has 1 aromatic carbocycles. The minimum Gasteiger partial charge on any atom is -0.370 e. The quantitative estimate of drug-likeness (QED) is 0.492. The number of anilines is 1. The van der Waals surface area contributed by atoms with E-state index in [1.54, 1.807) is 0 Å². The SMILES string of the molecule is CCc1cccc(CC)c1NC(N)=NC1CC1.I. The molecule has 0 saturated heterocycles. The van der Waals surface area contributed by atoms with Gasteiger partial charge in [0, 0.05) is 5.69 Å². The molecular weight excluding hydrogens is 337 g/mol. The van der Waals surface area contributed by atoms with Gasteiger partial charge in [-0.2, -0.15) is 0 Å². The van der Waals surface area contributed by atoms with Crippen molar-refractivity contribution in [3.63, 3.8) is 0 Å². The van der Waals surface area contributed by atoms with Gasteiger partial charge in [0.2, 0.25) is 0 Å². The van der Waals surface area contributed by atoms with Gasteiger partial charge in [0.05, 0.1) is 6.04 Å². The number of benzene rings is 1. The molecule has 4 heteroatoms. The highest BCUT2D eigenvalue weighted by Crippen LogP contribution is 2.25. The molecule has 1 fully saturated rings. The highest BCUT2D eigenvalue weighted by atomic mass is 127. The van der Waals surface area contributed by atoms with Gasteiger partial charge in [0.1, 0.15) is 0 Å². The number of hydrogen-bond acceptors (Lipinski definition) is 1. The topological polar surface area (TPSA) is 50.4 Å². The van der Waals surface area contributed by atoms with Crippen molar-refractivity contribution in [3.8, 4) is 0 Å². The number of nitrogens with two attached hydrogens (primary N) is 1. The van der Waals surface area contributed by atoms with E-state index in [0.29, 0.717) is 12.0 Å². The van der Waals surface area contributed by atoms with Gasteiger partial charge in [-0.3, -0.25) is 0 Å². The zero-order chi connectivity index (χ0) is 12.3. The van der Waals surface area contributed by atoms with Crippen LogP contribution in [0.3, 0.4) is 0 Å².